The van der Waals surface area contributed by atoms with Crippen molar-refractivity contribution in [1.29, 1.82) is 0 Å². The SMILES string of the molecule is CC[C@H](C)NC(=O)[C@H](CC)N(Cc1ccc(Cl)cc1Cl)C(=O)Cc1cccc(C)c1. The molecular formula is C24H30Cl2N2O2. The molecule has 0 spiro atoms. The Morgan fingerprint density at radius 3 is 2.40 bits per heavy atom. The smallest absolute Gasteiger partial charge is 0.243 e. The molecule has 6 heteroatoms. The summed E-state index contributed by atoms with van der Waals surface area (Å²) in [5.74, 6) is -0.257. The zero-order valence-corrected chi connectivity index (χ0v) is 19.6. The molecule has 0 saturated heterocycles. The van der Waals surface area contributed by atoms with Crippen LogP contribution >= 0.6 is 23.2 Å². The summed E-state index contributed by atoms with van der Waals surface area (Å²) in [6, 6.07) is 12.5. The number of benzene rings is 2. The van der Waals surface area contributed by atoms with E-state index < -0.39 is 6.04 Å². The van der Waals surface area contributed by atoms with Crippen LogP contribution in [0.1, 0.15) is 50.3 Å². The number of halogens is 2. The third kappa shape index (κ3) is 6.75. The first-order valence-electron chi connectivity index (χ1n) is 10.3. The molecule has 0 radical (unpaired) electrons. The molecule has 0 unspecified atom stereocenters. The number of nitrogens with zero attached hydrogens (tertiary/aromatic N) is 1. The minimum atomic E-state index is -0.581. The summed E-state index contributed by atoms with van der Waals surface area (Å²) in [6.07, 6.45) is 1.55. The molecule has 4 nitrogen and oxygen atoms in total. The predicted molar refractivity (Wildman–Crippen MR) is 124 cm³/mol. The maximum atomic E-state index is 13.3. The zero-order chi connectivity index (χ0) is 22.3. The Labute approximate surface area is 189 Å². The third-order valence-corrected chi connectivity index (χ3v) is 5.77. The van der Waals surface area contributed by atoms with Crippen molar-refractivity contribution in [3.05, 3.63) is 69.2 Å². The lowest BCUT2D eigenvalue weighted by Gasteiger charge is -2.32. The van der Waals surface area contributed by atoms with E-state index in [0.29, 0.717) is 16.5 Å². The Hall–Kier alpha value is -2.04. The lowest BCUT2D eigenvalue weighted by Crippen LogP contribution is -2.51. The van der Waals surface area contributed by atoms with Gasteiger partial charge in [0.1, 0.15) is 6.04 Å². The second kappa shape index (κ2) is 11.4. The van der Waals surface area contributed by atoms with Gasteiger partial charge in [0, 0.05) is 22.6 Å². The molecule has 0 aliphatic heterocycles. The Bertz CT molecular complexity index is 885. The summed E-state index contributed by atoms with van der Waals surface area (Å²) in [4.78, 5) is 27.9. The van der Waals surface area contributed by atoms with Crippen molar-refractivity contribution < 1.29 is 9.59 Å². The van der Waals surface area contributed by atoms with Crippen LogP contribution in [0.2, 0.25) is 10.0 Å². The first kappa shape index (κ1) is 24.2. The van der Waals surface area contributed by atoms with Gasteiger partial charge in [-0.05, 0) is 49.9 Å². The molecule has 0 bridgehead atoms. The summed E-state index contributed by atoms with van der Waals surface area (Å²) in [7, 11) is 0. The van der Waals surface area contributed by atoms with Gasteiger partial charge in [-0.3, -0.25) is 9.59 Å². The second-order valence-electron chi connectivity index (χ2n) is 7.67. The highest BCUT2D eigenvalue weighted by Crippen LogP contribution is 2.24. The van der Waals surface area contributed by atoms with E-state index in [0.717, 1.165) is 23.1 Å². The summed E-state index contributed by atoms with van der Waals surface area (Å²) in [5.41, 5.74) is 2.77. The molecule has 0 heterocycles. The van der Waals surface area contributed by atoms with E-state index in [9.17, 15) is 9.59 Å². The van der Waals surface area contributed by atoms with E-state index >= 15 is 0 Å². The number of nitrogens with one attached hydrogen (secondary N) is 1. The summed E-state index contributed by atoms with van der Waals surface area (Å²) in [6.45, 7) is 8.12. The minimum absolute atomic E-state index is 0.0411. The quantitative estimate of drug-likeness (QED) is 0.545. The molecule has 2 aromatic rings. The predicted octanol–water partition coefficient (Wildman–Crippen LogP) is 5.57. The third-order valence-electron chi connectivity index (χ3n) is 5.18. The number of hydrogen-bond acceptors (Lipinski definition) is 2. The van der Waals surface area contributed by atoms with Gasteiger partial charge in [0.05, 0.1) is 6.42 Å². The number of aryl methyl sites for hydroxylation is 1. The van der Waals surface area contributed by atoms with Gasteiger partial charge >= 0.3 is 0 Å². The highest BCUT2D eigenvalue weighted by molar-refractivity contribution is 6.35. The normalized spacial score (nSPS) is 12.9. The van der Waals surface area contributed by atoms with Crippen LogP contribution in [0.5, 0.6) is 0 Å². The first-order chi connectivity index (χ1) is 14.2. The van der Waals surface area contributed by atoms with Crippen LogP contribution in [0.25, 0.3) is 0 Å². The number of carbonyl (C=O) groups is 2. The van der Waals surface area contributed by atoms with Crippen molar-refractivity contribution in [2.45, 2.75) is 65.6 Å². The zero-order valence-electron chi connectivity index (χ0n) is 18.0. The van der Waals surface area contributed by atoms with Crippen LogP contribution in [0.15, 0.2) is 42.5 Å². The second-order valence-corrected chi connectivity index (χ2v) is 8.51. The number of hydrogen-bond donors (Lipinski definition) is 1. The fourth-order valence-electron chi connectivity index (χ4n) is 3.29. The molecule has 2 rings (SSSR count). The molecule has 0 aliphatic carbocycles. The van der Waals surface area contributed by atoms with Gasteiger partial charge in [0.15, 0.2) is 0 Å². The van der Waals surface area contributed by atoms with Crippen molar-refractivity contribution >= 4 is 35.0 Å². The maximum absolute atomic E-state index is 13.3. The van der Waals surface area contributed by atoms with Crippen LogP contribution < -0.4 is 5.32 Å². The Morgan fingerprint density at radius 2 is 1.80 bits per heavy atom. The molecule has 0 aromatic heterocycles. The van der Waals surface area contributed by atoms with E-state index in [4.69, 9.17) is 23.2 Å². The Morgan fingerprint density at radius 1 is 1.07 bits per heavy atom. The summed E-state index contributed by atoms with van der Waals surface area (Å²) >= 11 is 12.4. The van der Waals surface area contributed by atoms with E-state index in [2.05, 4.69) is 5.32 Å². The van der Waals surface area contributed by atoms with Gasteiger partial charge < -0.3 is 10.2 Å². The molecule has 2 amide bonds. The van der Waals surface area contributed by atoms with Gasteiger partial charge in [0.25, 0.3) is 0 Å². The van der Waals surface area contributed by atoms with Crippen molar-refractivity contribution in [2.24, 2.45) is 0 Å². The van der Waals surface area contributed by atoms with Gasteiger partial charge in [-0.2, -0.15) is 0 Å². The van der Waals surface area contributed by atoms with Gasteiger partial charge in [-0.25, -0.2) is 0 Å². The average Bonchev–Trinajstić information content (AvgIpc) is 2.69. The van der Waals surface area contributed by atoms with Crippen molar-refractivity contribution in [3.63, 3.8) is 0 Å². The summed E-state index contributed by atoms with van der Waals surface area (Å²) in [5, 5.41) is 4.02. The highest BCUT2D eigenvalue weighted by Gasteiger charge is 2.29. The number of rotatable bonds is 9. The lowest BCUT2D eigenvalue weighted by molar-refractivity contribution is -0.141. The molecule has 1 N–H and O–H groups in total. The topological polar surface area (TPSA) is 49.4 Å². The van der Waals surface area contributed by atoms with Crippen LogP contribution in [-0.4, -0.2) is 28.8 Å². The molecule has 0 saturated carbocycles. The molecule has 30 heavy (non-hydrogen) atoms. The van der Waals surface area contributed by atoms with Crippen LogP contribution in [0.3, 0.4) is 0 Å². The molecular weight excluding hydrogens is 419 g/mol. The lowest BCUT2D eigenvalue weighted by atomic mass is 10.0. The molecule has 2 atom stereocenters. The fraction of sp³-hybridized carbons (Fsp3) is 0.417. The molecule has 162 valence electrons. The van der Waals surface area contributed by atoms with E-state index in [1.165, 1.54) is 0 Å². The first-order valence-corrected chi connectivity index (χ1v) is 11.1. The number of amides is 2. The van der Waals surface area contributed by atoms with Crippen LogP contribution in [-0.2, 0) is 22.6 Å². The highest BCUT2D eigenvalue weighted by atomic mass is 35.5. The van der Waals surface area contributed by atoms with Gasteiger partial charge in [-0.1, -0.05) is 72.9 Å². The fourth-order valence-corrected chi connectivity index (χ4v) is 3.76. The average molecular weight is 449 g/mol. The van der Waals surface area contributed by atoms with E-state index in [-0.39, 0.29) is 30.8 Å². The van der Waals surface area contributed by atoms with Crippen molar-refractivity contribution in [2.75, 3.05) is 0 Å². The van der Waals surface area contributed by atoms with Gasteiger partial charge in [-0.15, -0.1) is 0 Å². The standard InChI is InChI=1S/C24H30Cl2N2O2/c1-5-17(4)27-24(30)22(6-2)28(15-19-10-11-20(25)14-21(19)26)23(29)13-18-9-7-8-16(3)12-18/h7-12,14,17,22H,5-6,13,15H2,1-4H3,(H,27,30)/t17-,22-/m0/s1. The van der Waals surface area contributed by atoms with E-state index in [1.54, 1.807) is 23.1 Å². The monoisotopic (exact) mass is 448 g/mol. The van der Waals surface area contributed by atoms with Gasteiger partial charge in [0.2, 0.25) is 11.8 Å². The Balaban J connectivity index is 2.34. The number of carbonyl (C=O) groups excluding carboxylic acids is 2. The Kier molecular flexibility index (Phi) is 9.19. The minimum Gasteiger partial charge on any atom is -0.352 e. The molecule has 0 aliphatic rings. The van der Waals surface area contributed by atoms with Crippen molar-refractivity contribution in [1.82, 2.24) is 10.2 Å². The maximum Gasteiger partial charge on any atom is 0.243 e. The summed E-state index contributed by atoms with van der Waals surface area (Å²) < 4.78 is 0. The van der Waals surface area contributed by atoms with Crippen molar-refractivity contribution in [3.8, 4) is 0 Å². The van der Waals surface area contributed by atoms with Crippen LogP contribution in [0.4, 0.5) is 0 Å². The largest absolute Gasteiger partial charge is 0.352 e. The van der Waals surface area contributed by atoms with Crippen LogP contribution in [0, 0.1) is 6.92 Å². The molecule has 0 fully saturated rings. The van der Waals surface area contributed by atoms with E-state index in [1.807, 2.05) is 52.0 Å². The molecule has 2 aromatic carbocycles.